The van der Waals surface area contributed by atoms with Crippen LogP contribution >= 0.6 is 11.3 Å². The SMILES string of the molecule is C=CCn1c(=NC(=O)/C=C/c2cccc([N+](=O)[O-])c2)sc2cc(C)cc(C)c21. The topological polar surface area (TPSA) is 77.5 Å². The lowest BCUT2D eigenvalue weighted by Crippen LogP contribution is -2.16. The third-order valence-corrected chi connectivity index (χ3v) is 5.15. The van der Waals surface area contributed by atoms with E-state index in [-0.39, 0.29) is 5.69 Å². The fraction of sp³-hybridized carbons (Fsp3) is 0.143. The zero-order valence-corrected chi connectivity index (χ0v) is 16.4. The molecule has 1 heterocycles. The maximum atomic E-state index is 12.4. The lowest BCUT2D eigenvalue weighted by atomic mass is 10.1. The molecule has 0 aliphatic carbocycles. The first kappa shape index (κ1) is 19.4. The molecule has 3 aromatic rings. The van der Waals surface area contributed by atoms with Crippen molar-refractivity contribution in [2.75, 3.05) is 0 Å². The summed E-state index contributed by atoms with van der Waals surface area (Å²) < 4.78 is 3.04. The van der Waals surface area contributed by atoms with Crippen molar-refractivity contribution in [3.8, 4) is 0 Å². The molecule has 0 atom stereocenters. The van der Waals surface area contributed by atoms with E-state index in [4.69, 9.17) is 0 Å². The Morgan fingerprint density at radius 1 is 1.32 bits per heavy atom. The third-order valence-electron chi connectivity index (χ3n) is 4.13. The maximum absolute atomic E-state index is 12.4. The summed E-state index contributed by atoms with van der Waals surface area (Å²) in [6.07, 6.45) is 4.62. The summed E-state index contributed by atoms with van der Waals surface area (Å²) >= 11 is 1.45. The second-order valence-electron chi connectivity index (χ2n) is 6.35. The molecule has 0 spiro atoms. The predicted molar refractivity (Wildman–Crippen MR) is 112 cm³/mol. The Morgan fingerprint density at radius 3 is 2.82 bits per heavy atom. The van der Waals surface area contributed by atoms with Crippen LogP contribution in [0.15, 0.2) is 60.1 Å². The van der Waals surface area contributed by atoms with Crippen LogP contribution in [0, 0.1) is 24.0 Å². The van der Waals surface area contributed by atoms with Crippen LogP contribution in [0.2, 0.25) is 0 Å². The minimum absolute atomic E-state index is 0.0225. The van der Waals surface area contributed by atoms with Gasteiger partial charge in [0.05, 0.1) is 15.1 Å². The van der Waals surface area contributed by atoms with E-state index in [2.05, 4.69) is 23.7 Å². The van der Waals surface area contributed by atoms with Crippen molar-refractivity contribution in [2.24, 2.45) is 4.99 Å². The number of nitrogens with zero attached hydrogens (tertiary/aromatic N) is 3. The minimum atomic E-state index is -0.469. The van der Waals surface area contributed by atoms with Gasteiger partial charge in [0, 0.05) is 24.8 Å². The number of benzene rings is 2. The monoisotopic (exact) mass is 393 g/mol. The number of fused-ring (bicyclic) bond motifs is 1. The van der Waals surface area contributed by atoms with Gasteiger partial charge in [-0.1, -0.05) is 35.6 Å². The minimum Gasteiger partial charge on any atom is -0.312 e. The highest BCUT2D eigenvalue weighted by molar-refractivity contribution is 7.16. The van der Waals surface area contributed by atoms with Crippen molar-refractivity contribution < 1.29 is 9.72 Å². The van der Waals surface area contributed by atoms with Crippen LogP contribution in [0.4, 0.5) is 5.69 Å². The molecule has 0 aliphatic heterocycles. The number of hydrogen-bond acceptors (Lipinski definition) is 4. The van der Waals surface area contributed by atoms with Crippen molar-refractivity contribution in [3.05, 3.63) is 86.7 Å². The average Bonchev–Trinajstić information content (AvgIpc) is 2.97. The highest BCUT2D eigenvalue weighted by Crippen LogP contribution is 2.23. The van der Waals surface area contributed by atoms with Crippen LogP contribution < -0.4 is 4.80 Å². The fourth-order valence-electron chi connectivity index (χ4n) is 3.02. The van der Waals surface area contributed by atoms with E-state index in [1.165, 1.54) is 35.6 Å². The van der Waals surface area contributed by atoms with E-state index in [0.29, 0.717) is 16.9 Å². The first-order valence-electron chi connectivity index (χ1n) is 8.62. The first-order chi connectivity index (χ1) is 13.4. The molecule has 0 N–H and O–H groups in total. The van der Waals surface area contributed by atoms with Crippen LogP contribution in [0.25, 0.3) is 16.3 Å². The van der Waals surface area contributed by atoms with Gasteiger partial charge in [0.15, 0.2) is 4.80 Å². The average molecular weight is 393 g/mol. The Hall–Kier alpha value is -3.32. The summed E-state index contributed by atoms with van der Waals surface area (Å²) in [5, 5.41) is 10.9. The van der Waals surface area contributed by atoms with Gasteiger partial charge in [0.2, 0.25) is 0 Å². The number of carbonyl (C=O) groups is 1. The molecule has 28 heavy (non-hydrogen) atoms. The van der Waals surface area contributed by atoms with Crippen LogP contribution in [-0.2, 0) is 11.3 Å². The van der Waals surface area contributed by atoms with E-state index in [0.717, 1.165) is 21.3 Å². The van der Waals surface area contributed by atoms with Gasteiger partial charge in [-0.25, -0.2) is 0 Å². The molecule has 1 amide bonds. The summed E-state index contributed by atoms with van der Waals surface area (Å²) in [6, 6.07) is 10.3. The lowest BCUT2D eigenvalue weighted by Gasteiger charge is -2.04. The van der Waals surface area contributed by atoms with E-state index >= 15 is 0 Å². The number of hydrogen-bond donors (Lipinski definition) is 0. The zero-order valence-electron chi connectivity index (χ0n) is 15.6. The molecule has 1 aromatic heterocycles. The summed E-state index contributed by atoms with van der Waals surface area (Å²) in [4.78, 5) is 27.6. The molecule has 142 valence electrons. The number of thiazole rings is 1. The lowest BCUT2D eigenvalue weighted by molar-refractivity contribution is -0.384. The summed E-state index contributed by atoms with van der Waals surface area (Å²) in [5.41, 5.74) is 3.87. The predicted octanol–water partition coefficient (Wildman–Crippen LogP) is 4.55. The fourth-order valence-corrected chi connectivity index (χ4v) is 4.24. The second kappa shape index (κ2) is 8.14. The third kappa shape index (κ3) is 4.15. The van der Waals surface area contributed by atoms with E-state index in [9.17, 15) is 14.9 Å². The molecule has 2 aromatic carbocycles. The normalized spacial score (nSPS) is 12.0. The number of aromatic nitrogens is 1. The quantitative estimate of drug-likeness (QED) is 0.276. The van der Waals surface area contributed by atoms with Crippen molar-refractivity contribution in [2.45, 2.75) is 20.4 Å². The van der Waals surface area contributed by atoms with Crippen LogP contribution in [0.1, 0.15) is 16.7 Å². The van der Waals surface area contributed by atoms with Crippen LogP contribution in [0.3, 0.4) is 0 Å². The molecular formula is C21H19N3O3S. The van der Waals surface area contributed by atoms with Crippen LogP contribution in [-0.4, -0.2) is 15.4 Å². The molecule has 0 fully saturated rings. The highest BCUT2D eigenvalue weighted by Gasteiger charge is 2.10. The van der Waals surface area contributed by atoms with Crippen molar-refractivity contribution in [1.82, 2.24) is 4.57 Å². The second-order valence-corrected chi connectivity index (χ2v) is 7.36. The number of aryl methyl sites for hydroxylation is 2. The first-order valence-corrected chi connectivity index (χ1v) is 9.43. The van der Waals surface area contributed by atoms with E-state index < -0.39 is 10.8 Å². The Balaban J connectivity index is 1.99. The molecule has 0 aliphatic rings. The molecule has 0 saturated carbocycles. The number of allylic oxidation sites excluding steroid dienone is 1. The Bertz CT molecular complexity index is 1190. The zero-order chi connectivity index (χ0) is 20.3. The number of rotatable bonds is 5. The number of carbonyl (C=O) groups excluding carboxylic acids is 1. The molecule has 0 radical (unpaired) electrons. The number of non-ortho nitro benzene ring substituents is 1. The molecule has 6 nitrogen and oxygen atoms in total. The molecule has 7 heteroatoms. The summed E-state index contributed by atoms with van der Waals surface area (Å²) in [5.74, 6) is -0.426. The van der Waals surface area contributed by atoms with Gasteiger partial charge in [-0.15, -0.1) is 6.58 Å². The van der Waals surface area contributed by atoms with Gasteiger partial charge in [-0.3, -0.25) is 14.9 Å². The molecular weight excluding hydrogens is 374 g/mol. The van der Waals surface area contributed by atoms with Gasteiger partial charge < -0.3 is 4.57 Å². The number of nitro groups is 1. The maximum Gasteiger partial charge on any atom is 0.272 e. The highest BCUT2D eigenvalue weighted by atomic mass is 32.1. The summed E-state index contributed by atoms with van der Waals surface area (Å²) in [7, 11) is 0. The van der Waals surface area contributed by atoms with Gasteiger partial charge in [0.25, 0.3) is 11.6 Å². The number of nitro benzene ring substituents is 1. The molecule has 0 unspecified atom stereocenters. The van der Waals surface area contributed by atoms with Gasteiger partial charge >= 0.3 is 0 Å². The van der Waals surface area contributed by atoms with E-state index in [1.54, 1.807) is 18.2 Å². The number of amides is 1. The molecule has 0 bridgehead atoms. The smallest absolute Gasteiger partial charge is 0.272 e. The van der Waals surface area contributed by atoms with Crippen molar-refractivity contribution >= 4 is 39.2 Å². The van der Waals surface area contributed by atoms with Gasteiger partial charge in [0.1, 0.15) is 0 Å². The van der Waals surface area contributed by atoms with Crippen molar-refractivity contribution in [3.63, 3.8) is 0 Å². The Kier molecular flexibility index (Phi) is 5.65. The Labute approximate surface area is 165 Å². The van der Waals surface area contributed by atoms with Crippen molar-refractivity contribution in [1.29, 1.82) is 0 Å². The van der Waals surface area contributed by atoms with Gasteiger partial charge in [-0.05, 0) is 42.7 Å². The van der Waals surface area contributed by atoms with Crippen LogP contribution in [0.5, 0.6) is 0 Å². The summed E-state index contributed by atoms with van der Waals surface area (Å²) in [6.45, 7) is 8.42. The molecule has 3 rings (SSSR count). The Morgan fingerprint density at radius 2 is 2.11 bits per heavy atom. The molecule has 0 saturated heterocycles. The van der Waals surface area contributed by atoms with E-state index in [1.807, 2.05) is 18.4 Å². The standard InChI is InChI=1S/C21H19N3O3S/c1-4-10-23-20-15(3)11-14(2)12-18(20)28-21(23)22-19(25)9-8-16-6-5-7-17(13-16)24(26)27/h4-9,11-13H,1,10H2,2-3H3/b9-8+,22-21?. The largest absolute Gasteiger partial charge is 0.312 e. The van der Waals surface area contributed by atoms with Gasteiger partial charge in [-0.2, -0.15) is 4.99 Å².